The number of nitrogens with zero attached hydrogens (tertiary/aromatic N) is 2. The van der Waals surface area contributed by atoms with Crippen LogP contribution in [-0.2, 0) is 13.0 Å². The van der Waals surface area contributed by atoms with Crippen molar-refractivity contribution < 1.29 is 9.53 Å². The predicted molar refractivity (Wildman–Crippen MR) is 95.2 cm³/mol. The highest BCUT2D eigenvalue weighted by Gasteiger charge is 2.19. The van der Waals surface area contributed by atoms with E-state index >= 15 is 0 Å². The third-order valence-corrected chi connectivity index (χ3v) is 4.12. The number of hydrogen-bond acceptors (Lipinski definition) is 4. The molecule has 25 heavy (non-hydrogen) atoms. The molecule has 1 aliphatic heterocycles. The molecule has 132 valence electrons. The van der Waals surface area contributed by atoms with Gasteiger partial charge in [0, 0.05) is 36.6 Å². The van der Waals surface area contributed by atoms with Gasteiger partial charge >= 0.3 is 11.7 Å². The molecular weight excluding hydrogens is 320 g/mol. The van der Waals surface area contributed by atoms with E-state index in [1.165, 1.54) is 0 Å². The Balaban J connectivity index is 1.54. The van der Waals surface area contributed by atoms with Gasteiger partial charge in [-0.3, -0.25) is 4.57 Å². The fraction of sp³-hybridized carbons (Fsp3) is 0.389. The number of aromatic nitrogens is 2. The van der Waals surface area contributed by atoms with Crippen LogP contribution in [0.15, 0.2) is 29.1 Å². The summed E-state index contributed by atoms with van der Waals surface area (Å²) in [7, 11) is 0. The Kier molecular flexibility index (Phi) is 4.74. The topological polar surface area (TPSA) is 85.3 Å². The van der Waals surface area contributed by atoms with Gasteiger partial charge in [-0.15, -0.1) is 0 Å². The van der Waals surface area contributed by atoms with Crippen LogP contribution in [0.25, 0.3) is 0 Å². The fourth-order valence-corrected chi connectivity index (χ4v) is 3.00. The van der Waals surface area contributed by atoms with Gasteiger partial charge < -0.3 is 15.4 Å². The summed E-state index contributed by atoms with van der Waals surface area (Å²) < 4.78 is 7.19. The van der Waals surface area contributed by atoms with Crippen molar-refractivity contribution in [1.82, 2.24) is 14.9 Å². The van der Waals surface area contributed by atoms with Crippen molar-refractivity contribution in [2.24, 2.45) is 0 Å². The zero-order chi connectivity index (χ0) is 18.0. The number of nitrogens with one attached hydrogen (secondary N) is 2. The number of aryl methyl sites for hydroxylation is 2. The van der Waals surface area contributed by atoms with Crippen LogP contribution < -0.4 is 21.1 Å². The Morgan fingerprint density at radius 3 is 2.92 bits per heavy atom. The third kappa shape index (κ3) is 3.99. The van der Waals surface area contributed by atoms with E-state index in [-0.39, 0.29) is 17.8 Å². The molecule has 0 aliphatic carbocycles. The number of benzene rings is 1. The number of carbonyl (C=O) groups excluding carboxylic acids is 1. The number of carbonyl (C=O) groups is 1. The SMILES string of the molecule is Cc1cc(C)n(CCNC(=O)Nc2ccc3c(c2)C[C@@H](C)O3)c(=O)n1. The second-order valence-electron chi connectivity index (χ2n) is 6.31. The molecule has 7 nitrogen and oxygen atoms in total. The fourth-order valence-electron chi connectivity index (χ4n) is 3.00. The maximum absolute atomic E-state index is 12.0. The summed E-state index contributed by atoms with van der Waals surface area (Å²) in [6.07, 6.45) is 1.01. The molecule has 1 atom stereocenters. The number of ether oxygens (including phenoxy) is 1. The summed E-state index contributed by atoms with van der Waals surface area (Å²) in [5, 5.41) is 5.56. The number of anilines is 1. The molecule has 0 radical (unpaired) electrons. The Morgan fingerprint density at radius 1 is 1.36 bits per heavy atom. The lowest BCUT2D eigenvalue weighted by Crippen LogP contribution is -2.35. The first-order valence-electron chi connectivity index (χ1n) is 8.32. The van der Waals surface area contributed by atoms with E-state index in [9.17, 15) is 9.59 Å². The Labute approximate surface area is 146 Å². The third-order valence-electron chi connectivity index (χ3n) is 4.12. The molecule has 0 saturated carbocycles. The summed E-state index contributed by atoms with van der Waals surface area (Å²) in [5.41, 5.74) is 3.04. The van der Waals surface area contributed by atoms with E-state index in [4.69, 9.17) is 4.74 Å². The minimum absolute atomic E-state index is 0.170. The van der Waals surface area contributed by atoms with Crippen molar-refractivity contribution >= 4 is 11.7 Å². The van der Waals surface area contributed by atoms with Crippen molar-refractivity contribution in [1.29, 1.82) is 0 Å². The molecule has 3 rings (SSSR count). The zero-order valence-corrected chi connectivity index (χ0v) is 14.6. The Morgan fingerprint density at radius 2 is 2.16 bits per heavy atom. The van der Waals surface area contributed by atoms with Crippen LogP contribution in [0, 0.1) is 13.8 Å². The second kappa shape index (κ2) is 6.96. The first-order chi connectivity index (χ1) is 11.9. The average molecular weight is 342 g/mol. The van der Waals surface area contributed by atoms with Crippen molar-refractivity contribution in [3.63, 3.8) is 0 Å². The summed E-state index contributed by atoms with van der Waals surface area (Å²) in [4.78, 5) is 27.8. The summed E-state index contributed by atoms with van der Waals surface area (Å²) in [6.45, 7) is 6.36. The van der Waals surface area contributed by atoms with Gasteiger partial charge in [-0.25, -0.2) is 9.59 Å². The van der Waals surface area contributed by atoms with E-state index < -0.39 is 0 Å². The number of fused-ring (bicyclic) bond motifs is 1. The van der Waals surface area contributed by atoms with Gasteiger partial charge in [0.1, 0.15) is 11.9 Å². The monoisotopic (exact) mass is 342 g/mol. The van der Waals surface area contributed by atoms with Gasteiger partial charge in [0.15, 0.2) is 0 Å². The van der Waals surface area contributed by atoms with E-state index in [0.717, 1.165) is 29.1 Å². The highest BCUT2D eigenvalue weighted by Crippen LogP contribution is 2.30. The molecule has 2 N–H and O–H groups in total. The number of amides is 2. The van der Waals surface area contributed by atoms with Gasteiger partial charge in [-0.05, 0) is 50.6 Å². The van der Waals surface area contributed by atoms with Crippen molar-refractivity contribution in [3.8, 4) is 5.75 Å². The highest BCUT2D eigenvalue weighted by atomic mass is 16.5. The smallest absolute Gasteiger partial charge is 0.348 e. The molecular formula is C18H22N4O3. The van der Waals surface area contributed by atoms with Crippen LogP contribution in [0.5, 0.6) is 5.75 Å². The second-order valence-corrected chi connectivity index (χ2v) is 6.31. The molecule has 0 unspecified atom stereocenters. The van der Waals surface area contributed by atoms with Crippen molar-refractivity contribution in [3.05, 3.63) is 51.7 Å². The van der Waals surface area contributed by atoms with Crippen LogP contribution in [-0.4, -0.2) is 28.2 Å². The molecule has 0 bridgehead atoms. The molecule has 2 amide bonds. The number of rotatable bonds is 4. The van der Waals surface area contributed by atoms with E-state index in [1.807, 2.05) is 38.1 Å². The molecule has 0 spiro atoms. The van der Waals surface area contributed by atoms with Crippen molar-refractivity contribution in [2.75, 3.05) is 11.9 Å². The largest absolute Gasteiger partial charge is 0.490 e. The quantitative estimate of drug-likeness (QED) is 0.890. The molecule has 7 heteroatoms. The molecule has 1 aromatic carbocycles. The average Bonchev–Trinajstić information content (AvgIpc) is 2.89. The van der Waals surface area contributed by atoms with Crippen molar-refractivity contribution in [2.45, 2.75) is 39.8 Å². The van der Waals surface area contributed by atoms with E-state index in [1.54, 1.807) is 11.5 Å². The molecule has 1 aromatic heterocycles. The lowest BCUT2D eigenvalue weighted by atomic mass is 10.1. The summed E-state index contributed by atoms with van der Waals surface area (Å²) >= 11 is 0. The number of hydrogen-bond donors (Lipinski definition) is 2. The maximum atomic E-state index is 12.0. The van der Waals surface area contributed by atoms with Gasteiger partial charge in [0.25, 0.3) is 0 Å². The molecule has 2 heterocycles. The highest BCUT2D eigenvalue weighted by molar-refractivity contribution is 5.89. The lowest BCUT2D eigenvalue weighted by molar-refractivity contribution is 0.251. The van der Waals surface area contributed by atoms with Gasteiger partial charge in [0.2, 0.25) is 0 Å². The maximum Gasteiger partial charge on any atom is 0.348 e. The summed E-state index contributed by atoms with van der Waals surface area (Å²) in [5.74, 6) is 0.875. The minimum Gasteiger partial charge on any atom is -0.490 e. The summed E-state index contributed by atoms with van der Waals surface area (Å²) in [6, 6.07) is 7.15. The van der Waals surface area contributed by atoms with Gasteiger partial charge in [-0.1, -0.05) is 0 Å². The van der Waals surface area contributed by atoms with Crippen LogP contribution >= 0.6 is 0 Å². The van der Waals surface area contributed by atoms with E-state index in [2.05, 4.69) is 15.6 Å². The van der Waals surface area contributed by atoms with Crippen LogP contribution in [0.4, 0.5) is 10.5 Å². The first-order valence-corrected chi connectivity index (χ1v) is 8.32. The molecule has 1 aliphatic rings. The minimum atomic E-state index is -0.308. The zero-order valence-electron chi connectivity index (χ0n) is 14.6. The van der Waals surface area contributed by atoms with Crippen LogP contribution in [0.1, 0.15) is 23.9 Å². The molecule has 2 aromatic rings. The van der Waals surface area contributed by atoms with Gasteiger partial charge in [-0.2, -0.15) is 4.98 Å². The molecule has 0 saturated heterocycles. The first kappa shape index (κ1) is 17.0. The lowest BCUT2D eigenvalue weighted by Gasteiger charge is -2.11. The Hall–Kier alpha value is -2.83. The van der Waals surface area contributed by atoms with E-state index in [0.29, 0.717) is 18.8 Å². The Bertz CT molecular complexity index is 860. The normalized spacial score (nSPS) is 15.4. The van der Waals surface area contributed by atoms with Gasteiger partial charge in [0.05, 0.1) is 0 Å². The standard InChI is InChI=1S/C18H22N4O3/c1-11-8-12(2)22(18(24)20-11)7-6-19-17(23)21-15-4-5-16-14(10-15)9-13(3)25-16/h4-5,8,10,13H,6-7,9H2,1-3H3,(H2,19,21,23)/t13-/m1/s1. The van der Waals surface area contributed by atoms with Crippen LogP contribution in [0.2, 0.25) is 0 Å². The van der Waals surface area contributed by atoms with Crippen LogP contribution in [0.3, 0.4) is 0 Å². The molecule has 0 fully saturated rings. The number of urea groups is 1. The predicted octanol–water partition coefficient (Wildman–Crippen LogP) is 2.01.